The molecule has 0 spiro atoms. The summed E-state index contributed by atoms with van der Waals surface area (Å²) in [6.45, 7) is 14.2. The number of benzene rings is 1. The number of nitrogens with zero attached hydrogens (tertiary/aromatic N) is 3. The highest BCUT2D eigenvalue weighted by molar-refractivity contribution is 5.78. The monoisotopic (exact) mass is 371 g/mol. The van der Waals surface area contributed by atoms with Crippen LogP contribution in [0.15, 0.2) is 24.3 Å². The highest BCUT2D eigenvalue weighted by Crippen LogP contribution is 2.20. The Labute approximate surface area is 165 Å². The minimum atomic E-state index is 0.325. The number of carbonyl (C=O) groups excluding carboxylic acids is 1. The lowest BCUT2D eigenvalue weighted by atomic mass is 9.94. The van der Waals surface area contributed by atoms with Crippen LogP contribution in [-0.4, -0.2) is 66.4 Å². The Morgan fingerprint density at radius 2 is 1.59 bits per heavy atom. The largest absolute Gasteiger partial charge is 0.339 e. The first kappa shape index (κ1) is 20.3. The third-order valence-electron chi connectivity index (χ3n) is 6.42. The van der Waals surface area contributed by atoms with Crippen LogP contribution in [0.3, 0.4) is 0 Å². The van der Waals surface area contributed by atoms with Gasteiger partial charge in [-0.05, 0) is 48.9 Å². The van der Waals surface area contributed by atoms with Crippen LogP contribution in [0.4, 0.5) is 0 Å². The van der Waals surface area contributed by atoms with E-state index in [-0.39, 0.29) is 0 Å². The number of piperazine rings is 1. The molecule has 0 radical (unpaired) electrons. The summed E-state index contributed by atoms with van der Waals surface area (Å²) in [6, 6.07) is 9.02. The number of hydrogen-bond acceptors (Lipinski definition) is 3. The van der Waals surface area contributed by atoms with Crippen LogP contribution in [0.5, 0.6) is 0 Å². The lowest BCUT2D eigenvalue weighted by Gasteiger charge is -2.37. The fourth-order valence-corrected chi connectivity index (χ4v) is 4.27. The SMILES string of the molecule is CCC1CCN(CC(=O)N2CCN(Cc3ccc(C(C)C)cc3)CC2)CC1. The molecule has 2 aliphatic heterocycles. The summed E-state index contributed by atoms with van der Waals surface area (Å²) in [5, 5.41) is 0. The predicted octanol–water partition coefficient (Wildman–Crippen LogP) is 3.58. The highest BCUT2D eigenvalue weighted by Gasteiger charge is 2.25. The lowest BCUT2D eigenvalue weighted by molar-refractivity contribution is -0.134. The molecular formula is C23H37N3O. The first-order valence-corrected chi connectivity index (χ1v) is 10.9. The molecule has 0 atom stereocenters. The average molecular weight is 372 g/mol. The molecule has 2 heterocycles. The molecule has 0 saturated carbocycles. The van der Waals surface area contributed by atoms with Crippen LogP contribution in [-0.2, 0) is 11.3 Å². The molecule has 2 fully saturated rings. The molecule has 1 aromatic carbocycles. The minimum absolute atomic E-state index is 0.325. The molecule has 0 aromatic heterocycles. The van der Waals surface area contributed by atoms with Crippen LogP contribution in [0.25, 0.3) is 0 Å². The molecule has 3 rings (SSSR count). The average Bonchev–Trinajstić information content (AvgIpc) is 2.69. The zero-order chi connectivity index (χ0) is 19.2. The zero-order valence-corrected chi connectivity index (χ0v) is 17.5. The maximum Gasteiger partial charge on any atom is 0.236 e. The van der Waals surface area contributed by atoms with Gasteiger partial charge in [0.15, 0.2) is 0 Å². The summed E-state index contributed by atoms with van der Waals surface area (Å²) in [5.41, 5.74) is 2.77. The van der Waals surface area contributed by atoms with Gasteiger partial charge in [0.05, 0.1) is 6.54 Å². The van der Waals surface area contributed by atoms with Gasteiger partial charge in [-0.2, -0.15) is 0 Å². The van der Waals surface area contributed by atoms with Gasteiger partial charge in [-0.25, -0.2) is 0 Å². The second-order valence-electron chi connectivity index (χ2n) is 8.68. The third-order valence-corrected chi connectivity index (χ3v) is 6.42. The fourth-order valence-electron chi connectivity index (χ4n) is 4.27. The maximum atomic E-state index is 12.6. The van der Waals surface area contributed by atoms with E-state index in [1.54, 1.807) is 0 Å². The van der Waals surface area contributed by atoms with Crippen LogP contribution < -0.4 is 0 Å². The van der Waals surface area contributed by atoms with Crippen molar-refractivity contribution in [3.8, 4) is 0 Å². The topological polar surface area (TPSA) is 26.8 Å². The van der Waals surface area contributed by atoms with Gasteiger partial charge in [0.25, 0.3) is 0 Å². The minimum Gasteiger partial charge on any atom is -0.339 e. The zero-order valence-electron chi connectivity index (χ0n) is 17.5. The van der Waals surface area contributed by atoms with E-state index < -0.39 is 0 Å². The molecule has 2 saturated heterocycles. The Morgan fingerprint density at radius 1 is 0.963 bits per heavy atom. The molecule has 27 heavy (non-hydrogen) atoms. The van der Waals surface area contributed by atoms with Crippen molar-refractivity contribution in [3.05, 3.63) is 35.4 Å². The molecular weight excluding hydrogens is 334 g/mol. The first-order valence-electron chi connectivity index (χ1n) is 10.9. The van der Waals surface area contributed by atoms with Crippen molar-refractivity contribution in [2.24, 2.45) is 5.92 Å². The predicted molar refractivity (Wildman–Crippen MR) is 112 cm³/mol. The first-order chi connectivity index (χ1) is 13.0. The molecule has 1 amide bonds. The Bertz CT molecular complexity index is 582. The summed E-state index contributed by atoms with van der Waals surface area (Å²) in [6.07, 6.45) is 3.80. The van der Waals surface area contributed by atoms with E-state index in [2.05, 4.69) is 59.7 Å². The van der Waals surface area contributed by atoms with E-state index in [0.29, 0.717) is 18.4 Å². The third kappa shape index (κ3) is 5.79. The van der Waals surface area contributed by atoms with Gasteiger partial charge in [0, 0.05) is 32.7 Å². The summed E-state index contributed by atoms with van der Waals surface area (Å²) in [4.78, 5) is 19.6. The number of carbonyl (C=O) groups is 1. The summed E-state index contributed by atoms with van der Waals surface area (Å²) >= 11 is 0. The van der Waals surface area contributed by atoms with Crippen LogP contribution in [0, 0.1) is 5.92 Å². The second kappa shape index (κ2) is 9.70. The van der Waals surface area contributed by atoms with Gasteiger partial charge in [0.2, 0.25) is 5.91 Å². The van der Waals surface area contributed by atoms with Crippen molar-refractivity contribution in [2.45, 2.75) is 52.5 Å². The standard InChI is InChI=1S/C23H37N3O/c1-4-20-9-11-24(12-10-20)18-23(27)26-15-13-25(14-16-26)17-21-5-7-22(8-6-21)19(2)3/h5-8,19-20H,4,9-18H2,1-3H3. The van der Waals surface area contributed by atoms with Crippen molar-refractivity contribution < 1.29 is 4.79 Å². The molecule has 4 heteroatoms. The second-order valence-corrected chi connectivity index (χ2v) is 8.68. The Morgan fingerprint density at radius 3 is 2.15 bits per heavy atom. The number of likely N-dealkylation sites (tertiary alicyclic amines) is 1. The Kier molecular flexibility index (Phi) is 7.31. The van der Waals surface area contributed by atoms with Crippen molar-refractivity contribution in [1.29, 1.82) is 0 Å². The van der Waals surface area contributed by atoms with Crippen LogP contribution in [0.2, 0.25) is 0 Å². The molecule has 2 aliphatic rings. The maximum absolute atomic E-state index is 12.6. The number of amides is 1. The molecule has 150 valence electrons. The summed E-state index contributed by atoms with van der Waals surface area (Å²) in [5.74, 6) is 1.78. The molecule has 4 nitrogen and oxygen atoms in total. The van der Waals surface area contributed by atoms with Crippen LogP contribution in [0.1, 0.15) is 57.1 Å². The van der Waals surface area contributed by atoms with E-state index in [4.69, 9.17) is 0 Å². The quantitative estimate of drug-likeness (QED) is 0.765. The lowest BCUT2D eigenvalue weighted by Crippen LogP contribution is -2.51. The Balaban J connectivity index is 1.40. The molecule has 0 unspecified atom stereocenters. The smallest absolute Gasteiger partial charge is 0.236 e. The van der Waals surface area contributed by atoms with Gasteiger partial charge >= 0.3 is 0 Å². The van der Waals surface area contributed by atoms with E-state index >= 15 is 0 Å². The van der Waals surface area contributed by atoms with E-state index in [1.807, 2.05) is 0 Å². The summed E-state index contributed by atoms with van der Waals surface area (Å²) < 4.78 is 0. The van der Waals surface area contributed by atoms with E-state index in [9.17, 15) is 4.79 Å². The van der Waals surface area contributed by atoms with Gasteiger partial charge in [0.1, 0.15) is 0 Å². The van der Waals surface area contributed by atoms with Crippen LogP contribution >= 0.6 is 0 Å². The normalized spacial score (nSPS) is 20.4. The molecule has 0 aliphatic carbocycles. The van der Waals surface area contributed by atoms with Crippen molar-refractivity contribution in [1.82, 2.24) is 14.7 Å². The van der Waals surface area contributed by atoms with Gasteiger partial charge in [-0.15, -0.1) is 0 Å². The van der Waals surface area contributed by atoms with E-state index in [1.165, 1.54) is 30.4 Å². The van der Waals surface area contributed by atoms with Crippen molar-refractivity contribution >= 4 is 5.91 Å². The highest BCUT2D eigenvalue weighted by atomic mass is 16.2. The Hall–Kier alpha value is -1.39. The van der Waals surface area contributed by atoms with Crippen molar-refractivity contribution in [3.63, 3.8) is 0 Å². The summed E-state index contributed by atoms with van der Waals surface area (Å²) in [7, 11) is 0. The number of hydrogen-bond donors (Lipinski definition) is 0. The van der Waals surface area contributed by atoms with E-state index in [0.717, 1.165) is 51.7 Å². The van der Waals surface area contributed by atoms with Crippen molar-refractivity contribution in [2.75, 3.05) is 45.8 Å². The molecule has 0 N–H and O–H groups in total. The molecule has 1 aromatic rings. The molecule has 0 bridgehead atoms. The van der Waals surface area contributed by atoms with Gasteiger partial charge < -0.3 is 4.90 Å². The fraction of sp³-hybridized carbons (Fsp3) is 0.696. The van der Waals surface area contributed by atoms with Gasteiger partial charge in [-0.1, -0.05) is 51.5 Å². The number of piperidine rings is 1. The number of rotatable bonds is 6. The van der Waals surface area contributed by atoms with Gasteiger partial charge in [-0.3, -0.25) is 14.6 Å².